The quantitative estimate of drug-likeness (QED) is 0.127. The molecule has 0 radical (unpaired) electrons. The van der Waals surface area contributed by atoms with Crippen LogP contribution in [0.2, 0.25) is 0 Å². The average Bonchev–Trinajstić information content (AvgIpc) is 3.43. The molecular formula is C38H58N2O11. The Bertz CT molecular complexity index is 1210. The van der Waals surface area contributed by atoms with E-state index in [0.717, 1.165) is 0 Å². The smallest absolute Gasteiger partial charge is 0.410 e. The molecule has 0 aliphatic heterocycles. The van der Waals surface area contributed by atoms with Crippen molar-refractivity contribution in [3.8, 4) is 11.1 Å². The van der Waals surface area contributed by atoms with E-state index in [1.165, 1.54) is 27.2 Å². The van der Waals surface area contributed by atoms with Gasteiger partial charge < -0.3 is 52.8 Å². The number of nitrogens with zero attached hydrogens (tertiary/aromatic N) is 1. The van der Waals surface area contributed by atoms with Gasteiger partial charge in [-0.3, -0.25) is 0 Å². The third-order valence-corrected chi connectivity index (χ3v) is 7.59. The van der Waals surface area contributed by atoms with Crippen molar-refractivity contribution in [3.63, 3.8) is 0 Å². The zero-order chi connectivity index (χ0) is 36.6. The second kappa shape index (κ2) is 24.8. The van der Waals surface area contributed by atoms with Crippen LogP contribution in [-0.2, 0) is 42.6 Å². The summed E-state index contributed by atoms with van der Waals surface area (Å²) in [4.78, 5) is 25.6. The van der Waals surface area contributed by atoms with Crippen LogP contribution >= 0.6 is 0 Å². The van der Waals surface area contributed by atoms with Gasteiger partial charge in [0.05, 0.1) is 85.9 Å². The highest BCUT2D eigenvalue weighted by Crippen LogP contribution is 2.44. The number of alkyl carbamates (subject to hydrolysis) is 1. The lowest BCUT2D eigenvalue weighted by Gasteiger charge is -2.24. The van der Waals surface area contributed by atoms with E-state index in [2.05, 4.69) is 29.6 Å². The van der Waals surface area contributed by atoms with Crippen molar-refractivity contribution in [1.82, 2.24) is 10.2 Å². The van der Waals surface area contributed by atoms with E-state index < -0.39 is 11.7 Å². The molecule has 0 bridgehead atoms. The Morgan fingerprint density at radius 2 is 1.04 bits per heavy atom. The van der Waals surface area contributed by atoms with Crippen molar-refractivity contribution >= 4 is 12.2 Å². The minimum atomic E-state index is -0.514. The van der Waals surface area contributed by atoms with Gasteiger partial charge in [0.15, 0.2) is 0 Å². The number of nitrogens with one attached hydrogen (secondary N) is 1. The summed E-state index contributed by atoms with van der Waals surface area (Å²) >= 11 is 0. The summed E-state index contributed by atoms with van der Waals surface area (Å²) in [7, 11) is 1.68. The minimum Gasteiger partial charge on any atom is -0.449 e. The molecule has 1 aliphatic carbocycles. The average molecular weight is 719 g/mol. The molecule has 0 heterocycles. The largest absolute Gasteiger partial charge is 0.449 e. The second-order valence-corrected chi connectivity index (χ2v) is 12.8. The van der Waals surface area contributed by atoms with E-state index in [9.17, 15) is 9.59 Å². The Hall–Kier alpha value is -3.30. The van der Waals surface area contributed by atoms with Crippen molar-refractivity contribution in [3.05, 3.63) is 59.7 Å². The lowest BCUT2D eigenvalue weighted by Crippen LogP contribution is -2.36. The topological polar surface area (TPSA) is 132 Å². The summed E-state index contributed by atoms with van der Waals surface area (Å²) in [6.07, 6.45) is -0.104. The highest BCUT2D eigenvalue weighted by Gasteiger charge is 2.29. The van der Waals surface area contributed by atoms with Gasteiger partial charge in [0.25, 0.3) is 0 Å². The molecule has 0 saturated carbocycles. The normalized spacial score (nSPS) is 12.4. The predicted octanol–water partition coefficient (Wildman–Crippen LogP) is 4.90. The van der Waals surface area contributed by atoms with Gasteiger partial charge in [-0.25, -0.2) is 9.59 Å². The Morgan fingerprint density at radius 1 is 0.627 bits per heavy atom. The Morgan fingerprint density at radius 3 is 1.49 bits per heavy atom. The maximum absolute atomic E-state index is 12.3. The first-order chi connectivity index (χ1) is 24.8. The molecule has 2 aromatic rings. The van der Waals surface area contributed by atoms with Gasteiger partial charge in [-0.15, -0.1) is 0 Å². The van der Waals surface area contributed by atoms with Crippen LogP contribution in [0, 0.1) is 0 Å². The molecule has 0 spiro atoms. The Balaban J connectivity index is 0.994. The van der Waals surface area contributed by atoms with Gasteiger partial charge in [0, 0.05) is 32.7 Å². The van der Waals surface area contributed by atoms with Crippen LogP contribution in [0.1, 0.15) is 44.2 Å². The number of amides is 2. The molecule has 2 amide bonds. The molecule has 0 fully saturated rings. The number of hydrogen-bond acceptors (Lipinski definition) is 11. The molecule has 0 unspecified atom stereocenters. The molecule has 0 atom stereocenters. The lowest BCUT2D eigenvalue weighted by molar-refractivity contribution is -0.0212. The van der Waals surface area contributed by atoms with Gasteiger partial charge in [-0.1, -0.05) is 48.5 Å². The van der Waals surface area contributed by atoms with Crippen molar-refractivity contribution in [2.24, 2.45) is 0 Å². The molecule has 2 aromatic carbocycles. The van der Waals surface area contributed by atoms with Crippen LogP contribution in [0.5, 0.6) is 0 Å². The number of rotatable bonds is 27. The van der Waals surface area contributed by atoms with E-state index >= 15 is 0 Å². The van der Waals surface area contributed by atoms with E-state index in [0.29, 0.717) is 119 Å². The third kappa shape index (κ3) is 17.7. The molecule has 1 aliphatic rings. The van der Waals surface area contributed by atoms with E-state index in [1.54, 1.807) is 7.05 Å². The molecule has 13 heteroatoms. The van der Waals surface area contributed by atoms with Crippen LogP contribution in [0.25, 0.3) is 11.1 Å². The third-order valence-electron chi connectivity index (χ3n) is 7.59. The van der Waals surface area contributed by atoms with Crippen LogP contribution in [0.3, 0.4) is 0 Å². The van der Waals surface area contributed by atoms with Crippen LogP contribution in [0.15, 0.2) is 48.5 Å². The van der Waals surface area contributed by atoms with Crippen molar-refractivity contribution in [2.45, 2.75) is 38.7 Å². The molecule has 1 N–H and O–H groups in total. The van der Waals surface area contributed by atoms with Gasteiger partial charge in [0.1, 0.15) is 12.2 Å². The minimum absolute atomic E-state index is 0.0478. The molecule has 286 valence electrons. The van der Waals surface area contributed by atoms with Crippen molar-refractivity contribution in [2.75, 3.05) is 119 Å². The van der Waals surface area contributed by atoms with E-state index in [4.69, 9.17) is 42.6 Å². The number of fused-ring (bicyclic) bond motifs is 3. The summed E-state index contributed by atoms with van der Waals surface area (Å²) < 4.78 is 49.4. The lowest BCUT2D eigenvalue weighted by atomic mass is 9.98. The molecule has 13 nitrogen and oxygen atoms in total. The first-order valence-corrected chi connectivity index (χ1v) is 17.8. The number of carbonyl (C=O) groups excluding carboxylic acids is 2. The number of hydrogen-bond donors (Lipinski definition) is 1. The first kappa shape index (κ1) is 42.1. The molecular weight excluding hydrogens is 660 g/mol. The molecule has 0 saturated heterocycles. The monoisotopic (exact) mass is 718 g/mol. The summed E-state index contributed by atoms with van der Waals surface area (Å²) in [5.41, 5.74) is 4.29. The van der Waals surface area contributed by atoms with Gasteiger partial charge in [-0.2, -0.15) is 0 Å². The van der Waals surface area contributed by atoms with Crippen molar-refractivity contribution < 1.29 is 52.2 Å². The highest BCUT2D eigenvalue weighted by molar-refractivity contribution is 5.79. The zero-order valence-electron chi connectivity index (χ0n) is 30.9. The Kier molecular flexibility index (Phi) is 20.5. The number of likely N-dealkylation sites (N-methyl/N-ethyl adjacent to an activating group) is 1. The van der Waals surface area contributed by atoms with Gasteiger partial charge in [-0.05, 0) is 49.4 Å². The van der Waals surface area contributed by atoms with Gasteiger partial charge >= 0.3 is 12.2 Å². The van der Waals surface area contributed by atoms with E-state index in [1.807, 2.05) is 45.0 Å². The van der Waals surface area contributed by atoms with Crippen LogP contribution < -0.4 is 5.32 Å². The summed E-state index contributed by atoms with van der Waals surface area (Å²) in [6, 6.07) is 16.6. The number of benzene rings is 2. The summed E-state index contributed by atoms with van der Waals surface area (Å²) in [5, 5.41) is 2.80. The Labute approximate surface area is 303 Å². The fraction of sp³-hybridized carbons (Fsp3) is 0.632. The van der Waals surface area contributed by atoms with Crippen LogP contribution in [-0.4, -0.2) is 142 Å². The highest BCUT2D eigenvalue weighted by atomic mass is 16.6. The standard InChI is InChI=1S/C38H58N2O11/c1-38(2,3)51-37(42)40(4)15-17-44-19-21-46-23-25-48-27-29-49-28-26-47-24-22-45-20-18-43-16-9-14-39-36(41)50-30-35-33-12-7-5-10-31(33)32-11-6-8-13-34(32)35/h5-8,10-13,35H,9,14-30H2,1-4H3,(H,39,41). The molecule has 51 heavy (non-hydrogen) atoms. The van der Waals surface area contributed by atoms with Gasteiger partial charge in [0.2, 0.25) is 0 Å². The van der Waals surface area contributed by atoms with Crippen LogP contribution in [0.4, 0.5) is 9.59 Å². The fourth-order valence-electron chi connectivity index (χ4n) is 5.07. The second-order valence-electron chi connectivity index (χ2n) is 12.8. The maximum Gasteiger partial charge on any atom is 0.410 e. The molecule has 0 aromatic heterocycles. The SMILES string of the molecule is CN(CCOCCOCCOCCOCCOCCOCCOCCCNC(=O)OCC1c2ccccc2-c2ccccc21)C(=O)OC(C)(C)C. The summed E-state index contributed by atoms with van der Waals surface area (Å²) in [6.45, 7) is 13.3. The predicted molar refractivity (Wildman–Crippen MR) is 192 cm³/mol. The summed E-state index contributed by atoms with van der Waals surface area (Å²) in [5.74, 6) is 0.0478. The number of ether oxygens (including phenoxy) is 9. The van der Waals surface area contributed by atoms with Crippen molar-refractivity contribution in [1.29, 1.82) is 0 Å². The van der Waals surface area contributed by atoms with E-state index in [-0.39, 0.29) is 12.0 Å². The number of carbonyl (C=O) groups is 2. The molecule has 3 rings (SSSR count). The zero-order valence-corrected chi connectivity index (χ0v) is 30.9. The maximum atomic E-state index is 12.3. The fourth-order valence-corrected chi connectivity index (χ4v) is 5.07. The first-order valence-electron chi connectivity index (χ1n) is 17.8.